The van der Waals surface area contributed by atoms with Crippen LogP contribution >= 0.6 is 11.3 Å². The van der Waals surface area contributed by atoms with Crippen LogP contribution in [0, 0.1) is 6.92 Å². The van der Waals surface area contributed by atoms with Crippen molar-refractivity contribution in [2.24, 2.45) is 0 Å². The van der Waals surface area contributed by atoms with Crippen LogP contribution in [0.3, 0.4) is 0 Å². The first-order chi connectivity index (χ1) is 16.1. The highest BCUT2D eigenvalue weighted by Crippen LogP contribution is 2.29. The maximum absolute atomic E-state index is 13.0. The largest absolute Gasteiger partial charge is 0.493 e. The summed E-state index contributed by atoms with van der Waals surface area (Å²) in [5, 5.41) is 5.05. The number of amides is 1. The molecule has 8 heteroatoms. The number of thiazole rings is 1. The Hall–Kier alpha value is -2.94. The van der Waals surface area contributed by atoms with Gasteiger partial charge < -0.3 is 19.5 Å². The molecule has 0 radical (unpaired) electrons. The normalized spacial score (nSPS) is 15.1. The summed E-state index contributed by atoms with van der Waals surface area (Å²) >= 11 is 1.52. The lowest BCUT2D eigenvalue weighted by Crippen LogP contribution is -2.43. The van der Waals surface area contributed by atoms with E-state index < -0.39 is 0 Å². The molecule has 33 heavy (non-hydrogen) atoms. The Morgan fingerprint density at radius 3 is 2.67 bits per heavy atom. The summed E-state index contributed by atoms with van der Waals surface area (Å²) in [6, 6.07) is 13.8. The molecule has 2 aromatic carbocycles. The number of aromatic nitrogens is 1. The molecule has 1 fully saturated rings. The summed E-state index contributed by atoms with van der Waals surface area (Å²) in [6.45, 7) is 6.02. The number of methoxy groups -OCH3 is 1. The van der Waals surface area contributed by atoms with E-state index in [-0.39, 0.29) is 11.9 Å². The highest BCUT2D eigenvalue weighted by molar-refractivity contribution is 7.07. The number of hydrogen-bond donors (Lipinski definition) is 1. The Bertz CT molecular complexity index is 1030. The Balaban J connectivity index is 1.43. The zero-order chi connectivity index (χ0) is 23.0. The van der Waals surface area contributed by atoms with E-state index in [4.69, 9.17) is 14.2 Å². The van der Waals surface area contributed by atoms with Gasteiger partial charge in [-0.1, -0.05) is 29.8 Å². The summed E-state index contributed by atoms with van der Waals surface area (Å²) in [7, 11) is 1.57. The molecule has 1 saturated heterocycles. The van der Waals surface area contributed by atoms with Gasteiger partial charge in [-0.3, -0.25) is 9.69 Å². The summed E-state index contributed by atoms with van der Waals surface area (Å²) in [5.41, 5.74) is 5.55. The van der Waals surface area contributed by atoms with Gasteiger partial charge in [-0.2, -0.15) is 0 Å². The van der Waals surface area contributed by atoms with Crippen molar-refractivity contribution < 1.29 is 19.0 Å². The number of nitrogens with zero attached hydrogens (tertiary/aromatic N) is 2. The van der Waals surface area contributed by atoms with Crippen LogP contribution in [0.15, 0.2) is 53.4 Å². The number of benzene rings is 2. The summed E-state index contributed by atoms with van der Waals surface area (Å²) < 4.78 is 16.8. The molecule has 2 heterocycles. The van der Waals surface area contributed by atoms with E-state index >= 15 is 0 Å². The quantitative estimate of drug-likeness (QED) is 0.516. The molecule has 1 aliphatic rings. The van der Waals surface area contributed by atoms with Crippen LogP contribution in [0.25, 0.3) is 0 Å². The second-order valence-corrected chi connectivity index (χ2v) is 8.64. The van der Waals surface area contributed by atoms with Gasteiger partial charge in [0.15, 0.2) is 11.5 Å². The second kappa shape index (κ2) is 11.3. The van der Waals surface area contributed by atoms with Crippen molar-refractivity contribution >= 4 is 17.2 Å². The van der Waals surface area contributed by atoms with Gasteiger partial charge in [0.05, 0.1) is 37.6 Å². The van der Waals surface area contributed by atoms with Crippen molar-refractivity contribution in [2.75, 3.05) is 40.0 Å². The lowest BCUT2D eigenvalue weighted by Gasteiger charge is -2.35. The monoisotopic (exact) mass is 467 g/mol. The number of carbonyl (C=O) groups excluding carboxylic acids is 1. The van der Waals surface area contributed by atoms with Crippen LogP contribution in [0.4, 0.5) is 0 Å². The molecule has 1 N–H and O–H groups in total. The van der Waals surface area contributed by atoms with Crippen LogP contribution in [-0.4, -0.2) is 55.7 Å². The number of rotatable bonds is 9. The fourth-order valence-electron chi connectivity index (χ4n) is 3.82. The number of carbonyl (C=O) groups is 1. The van der Waals surface area contributed by atoms with Crippen LogP contribution in [-0.2, 0) is 11.3 Å². The van der Waals surface area contributed by atoms with Crippen molar-refractivity contribution in [3.05, 3.63) is 75.7 Å². The third kappa shape index (κ3) is 6.10. The lowest BCUT2D eigenvalue weighted by atomic mass is 10.0. The molecule has 1 amide bonds. The van der Waals surface area contributed by atoms with Crippen molar-refractivity contribution in [3.8, 4) is 11.5 Å². The Kier molecular flexibility index (Phi) is 7.93. The van der Waals surface area contributed by atoms with Gasteiger partial charge in [-0.25, -0.2) is 4.98 Å². The highest BCUT2D eigenvalue weighted by Gasteiger charge is 2.23. The molecule has 1 unspecified atom stereocenters. The van der Waals surface area contributed by atoms with Crippen molar-refractivity contribution in [1.82, 2.24) is 15.2 Å². The molecule has 1 atom stereocenters. The van der Waals surface area contributed by atoms with Gasteiger partial charge in [0.25, 0.3) is 5.91 Å². The van der Waals surface area contributed by atoms with E-state index in [9.17, 15) is 4.79 Å². The Morgan fingerprint density at radius 1 is 1.18 bits per heavy atom. The molecule has 0 aliphatic carbocycles. The number of morpholine rings is 1. The van der Waals surface area contributed by atoms with Gasteiger partial charge in [0.1, 0.15) is 6.61 Å². The fourth-order valence-corrected chi connectivity index (χ4v) is 4.36. The van der Waals surface area contributed by atoms with Crippen LogP contribution < -0.4 is 14.8 Å². The molecular formula is C25H29N3O4S. The minimum atomic E-state index is -0.148. The Labute approximate surface area is 198 Å². The maximum Gasteiger partial charge on any atom is 0.251 e. The second-order valence-electron chi connectivity index (χ2n) is 7.92. The van der Waals surface area contributed by atoms with Gasteiger partial charge >= 0.3 is 0 Å². The molecule has 1 aromatic heterocycles. The van der Waals surface area contributed by atoms with Crippen molar-refractivity contribution in [3.63, 3.8) is 0 Å². The van der Waals surface area contributed by atoms with E-state index in [0.29, 0.717) is 43.4 Å². The molecule has 4 rings (SSSR count). The number of hydrogen-bond acceptors (Lipinski definition) is 7. The van der Waals surface area contributed by atoms with E-state index in [1.807, 2.05) is 5.38 Å². The molecule has 3 aromatic rings. The summed E-state index contributed by atoms with van der Waals surface area (Å²) in [6.07, 6.45) is 0. The average molecular weight is 468 g/mol. The molecule has 0 bridgehead atoms. The number of aryl methyl sites for hydroxylation is 1. The SMILES string of the molecule is COc1cc(C(=O)NCC(c2ccc(C)cc2)N2CCOCC2)ccc1OCc1cscn1. The molecule has 0 saturated carbocycles. The van der Waals surface area contributed by atoms with E-state index in [1.54, 1.807) is 30.8 Å². The third-order valence-electron chi connectivity index (χ3n) is 5.69. The minimum Gasteiger partial charge on any atom is -0.493 e. The summed E-state index contributed by atoms with van der Waals surface area (Å²) in [5.74, 6) is 0.943. The highest BCUT2D eigenvalue weighted by atomic mass is 32.1. The predicted molar refractivity (Wildman–Crippen MR) is 128 cm³/mol. The van der Waals surface area contributed by atoms with Gasteiger partial charge in [-0.05, 0) is 30.7 Å². The maximum atomic E-state index is 13.0. The van der Waals surface area contributed by atoms with E-state index in [0.717, 1.165) is 18.8 Å². The Morgan fingerprint density at radius 2 is 1.97 bits per heavy atom. The zero-order valence-corrected chi connectivity index (χ0v) is 19.8. The fraction of sp³-hybridized carbons (Fsp3) is 0.360. The van der Waals surface area contributed by atoms with E-state index in [2.05, 4.69) is 46.4 Å². The van der Waals surface area contributed by atoms with Crippen LogP contribution in [0.2, 0.25) is 0 Å². The van der Waals surface area contributed by atoms with Crippen LogP contribution in [0.1, 0.15) is 33.2 Å². The third-order valence-corrected chi connectivity index (χ3v) is 6.32. The van der Waals surface area contributed by atoms with Gasteiger partial charge in [0, 0.05) is 30.6 Å². The molecule has 0 spiro atoms. The molecule has 1 aliphatic heterocycles. The zero-order valence-electron chi connectivity index (χ0n) is 19.0. The van der Waals surface area contributed by atoms with Crippen LogP contribution in [0.5, 0.6) is 11.5 Å². The van der Waals surface area contributed by atoms with Gasteiger partial charge in [0.2, 0.25) is 0 Å². The lowest BCUT2D eigenvalue weighted by molar-refractivity contribution is 0.0162. The van der Waals surface area contributed by atoms with Crippen molar-refractivity contribution in [1.29, 1.82) is 0 Å². The predicted octanol–water partition coefficient (Wildman–Crippen LogP) is 3.84. The number of ether oxygens (including phenoxy) is 3. The first kappa shape index (κ1) is 23.2. The van der Waals surface area contributed by atoms with Crippen molar-refractivity contribution in [2.45, 2.75) is 19.6 Å². The summed E-state index contributed by atoms with van der Waals surface area (Å²) in [4.78, 5) is 19.6. The topological polar surface area (TPSA) is 72.9 Å². The van der Waals surface area contributed by atoms with Gasteiger partial charge in [-0.15, -0.1) is 11.3 Å². The smallest absolute Gasteiger partial charge is 0.251 e. The first-order valence-corrected chi connectivity index (χ1v) is 11.9. The minimum absolute atomic E-state index is 0.0843. The molecule has 7 nitrogen and oxygen atoms in total. The van der Waals surface area contributed by atoms with E-state index in [1.165, 1.54) is 22.5 Å². The number of nitrogens with one attached hydrogen (secondary N) is 1. The average Bonchev–Trinajstić information content (AvgIpc) is 3.38. The first-order valence-electron chi connectivity index (χ1n) is 11.0. The molecular weight excluding hydrogens is 438 g/mol. The standard InChI is InChI=1S/C25H29N3O4S/c1-18-3-5-19(6-4-18)22(28-9-11-31-12-10-28)14-26-25(29)20-7-8-23(24(13-20)30-2)32-15-21-16-33-17-27-21/h3-8,13,16-17,22H,9-12,14-15H2,1-2H3,(H,26,29). The molecule has 174 valence electrons.